The van der Waals surface area contributed by atoms with Crippen LogP contribution in [0.3, 0.4) is 0 Å². The summed E-state index contributed by atoms with van der Waals surface area (Å²) in [4.78, 5) is 8.67. The molecule has 1 fully saturated rings. The minimum absolute atomic E-state index is 0.536. The van der Waals surface area contributed by atoms with E-state index in [1.165, 1.54) is 18.4 Å². The van der Waals surface area contributed by atoms with Crippen LogP contribution in [-0.4, -0.2) is 16.0 Å². The number of nitrogens with one attached hydrogen (secondary N) is 1. The third-order valence-electron chi connectivity index (χ3n) is 3.36. The SMILES string of the molecule is CCc1cccc(Oc2cnc(CNC3CC3)cn2)c1. The summed E-state index contributed by atoms with van der Waals surface area (Å²) in [5.74, 6) is 1.34. The van der Waals surface area contributed by atoms with E-state index < -0.39 is 0 Å². The minimum Gasteiger partial charge on any atom is -0.437 e. The molecule has 4 nitrogen and oxygen atoms in total. The molecule has 1 aromatic heterocycles. The van der Waals surface area contributed by atoms with Gasteiger partial charge in [0.25, 0.3) is 0 Å². The van der Waals surface area contributed by atoms with Gasteiger partial charge in [0.15, 0.2) is 0 Å². The van der Waals surface area contributed by atoms with Crippen LogP contribution in [0.1, 0.15) is 31.0 Å². The number of aryl methyl sites for hydroxylation is 1. The van der Waals surface area contributed by atoms with E-state index in [1.807, 2.05) is 18.2 Å². The van der Waals surface area contributed by atoms with E-state index >= 15 is 0 Å². The van der Waals surface area contributed by atoms with Gasteiger partial charge in [0.05, 0.1) is 18.1 Å². The fourth-order valence-corrected chi connectivity index (χ4v) is 1.97. The highest BCUT2D eigenvalue weighted by Gasteiger charge is 2.20. The lowest BCUT2D eigenvalue weighted by atomic mass is 10.2. The highest BCUT2D eigenvalue weighted by Crippen LogP contribution is 2.21. The number of aromatic nitrogens is 2. The number of nitrogens with zero attached hydrogens (tertiary/aromatic N) is 2. The lowest BCUT2D eigenvalue weighted by Crippen LogP contribution is -2.16. The van der Waals surface area contributed by atoms with Crippen molar-refractivity contribution in [1.82, 2.24) is 15.3 Å². The Balaban J connectivity index is 1.61. The van der Waals surface area contributed by atoms with Gasteiger partial charge in [-0.05, 0) is 37.0 Å². The summed E-state index contributed by atoms with van der Waals surface area (Å²) in [6.45, 7) is 2.91. The molecule has 0 aliphatic heterocycles. The van der Waals surface area contributed by atoms with Crippen molar-refractivity contribution in [3.05, 3.63) is 47.9 Å². The second kappa shape index (κ2) is 6.01. The molecule has 1 N–H and O–H groups in total. The fourth-order valence-electron chi connectivity index (χ4n) is 1.97. The molecule has 104 valence electrons. The predicted molar refractivity (Wildman–Crippen MR) is 77.8 cm³/mol. The van der Waals surface area contributed by atoms with Gasteiger partial charge in [0.1, 0.15) is 5.75 Å². The van der Waals surface area contributed by atoms with E-state index in [2.05, 4.69) is 28.3 Å². The van der Waals surface area contributed by atoms with Gasteiger partial charge >= 0.3 is 0 Å². The Kier molecular flexibility index (Phi) is 3.92. The van der Waals surface area contributed by atoms with Gasteiger partial charge < -0.3 is 10.1 Å². The predicted octanol–water partition coefficient (Wildman–Crippen LogP) is 3.08. The molecule has 0 atom stereocenters. The lowest BCUT2D eigenvalue weighted by molar-refractivity contribution is 0.458. The Morgan fingerprint density at radius 1 is 1.25 bits per heavy atom. The van der Waals surface area contributed by atoms with Crippen LogP contribution < -0.4 is 10.1 Å². The standard InChI is InChI=1S/C16H19N3O/c1-2-12-4-3-5-15(8-12)20-16-11-18-14(10-19-16)9-17-13-6-7-13/h3-5,8,10-11,13,17H,2,6-7,9H2,1H3. The summed E-state index contributed by atoms with van der Waals surface area (Å²) in [7, 11) is 0. The van der Waals surface area contributed by atoms with Crippen LogP contribution >= 0.6 is 0 Å². The van der Waals surface area contributed by atoms with Crippen molar-refractivity contribution >= 4 is 0 Å². The first kappa shape index (κ1) is 13.1. The molecule has 0 bridgehead atoms. The molecule has 20 heavy (non-hydrogen) atoms. The summed E-state index contributed by atoms with van der Waals surface area (Å²) in [6, 6.07) is 8.73. The first-order valence-electron chi connectivity index (χ1n) is 7.14. The summed E-state index contributed by atoms with van der Waals surface area (Å²) < 4.78 is 5.72. The van der Waals surface area contributed by atoms with Gasteiger partial charge in [-0.1, -0.05) is 19.1 Å². The molecule has 0 spiro atoms. The van der Waals surface area contributed by atoms with Crippen molar-refractivity contribution in [3.63, 3.8) is 0 Å². The molecule has 1 aromatic carbocycles. The quantitative estimate of drug-likeness (QED) is 0.875. The van der Waals surface area contributed by atoms with E-state index in [9.17, 15) is 0 Å². The Labute approximate surface area is 119 Å². The molecular weight excluding hydrogens is 250 g/mol. The van der Waals surface area contributed by atoms with Gasteiger partial charge in [-0.15, -0.1) is 0 Å². The van der Waals surface area contributed by atoms with E-state index in [-0.39, 0.29) is 0 Å². The van der Waals surface area contributed by atoms with Crippen molar-refractivity contribution in [2.45, 2.75) is 38.8 Å². The molecule has 1 heterocycles. The van der Waals surface area contributed by atoms with E-state index in [1.54, 1.807) is 12.4 Å². The average molecular weight is 269 g/mol. The molecule has 1 saturated carbocycles. The Morgan fingerprint density at radius 3 is 2.85 bits per heavy atom. The first-order chi connectivity index (χ1) is 9.83. The Bertz CT molecular complexity index is 564. The zero-order valence-corrected chi connectivity index (χ0v) is 11.7. The van der Waals surface area contributed by atoms with E-state index in [0.717, 1.165) is 24.4 Å². The molecule has 0 unspecified atom stereocenters. The van der Waals surface area contributed by atoms with Crippen molar-refractivity contribution in [3.8, 4) is 11.6 Å². The second-order valence-corrected chi connectivity index (χ2v) is 5.10. The van der Waals surface area contributed by atoms with Crippen molar-refractivity contribution in [1.29, 1.82) is 0 Å². The lowest BCUT2D eigenvalue weighted by Gasteiger charge is -2.07. The monoisotopic (exact) mass is 269 g/mol. The van der Waals surface area contributed by atoms with Crippen molar-refractivity contribution < 1.29 is 4.74 Å². The zero-order valence-electron chi connectivity index (χ0n) is 11.7. The first-order valence-corrected chi connectivity index (χ1v) is 7.14. The summed E-state index contributed by atoms with van der Waals surface area (Å²) in [5, 5.41) is 3.41. The zero-order chi connectivity index (χ0) is 13.8. The normalized spacial score (nSPS) is 14.2. The van der Waals surface area contributed by atoms with Gasteiger partial charge in [-0.3, -0.25) is 4.98 Å². The van der Waals surface area contributed by atoms with Gasteiger partial charge in [0, 0.05) is 12.6 Å². The molecule has 0 amide bonds. The van der Waals surface area contributed by atoms with Crippen LogP contribution in [0.5, 0.6) is 11.6 Å². The van der Waals surface area contributed by atoms with Crippen LogP contribution in [-0.2, 0) is 13.0 Å². The summed E-state index contributed by atoms with van der Waals surface area (Å²) in [6.07, 6.45) is 7.01. The van der Waals surface area contributed by atoms with Crippen molar-refractivity contribution in [2.24, 2.45) is 0 Å². The largest absolute Gasteiger partial charge is 0.437 e. The van der Waals surface area contributed by atoms with Gasteiger partial charge in [-0.2, -0.15) is 0 Å². The molecule has 2 aromatic rings. The maximum Gasteiger partial charge on any atom is 0.237 e. The third-order valence-corrected chi connectivity index (χ3v) is 3.36. The molecule has 0 saturated heterocycles. The maximum absolute atomic E-state index is 5.72. The summed E-state index contributed by atoms with van der Waals surface area (Å²) in [5.41, 5.74) is 2.20. The smallest absolute Gasteiger partial charge is 0.237 e. The Hall–Kier alpha value is -1.94. The number of hydrogen-bond donors (Lipinski definition) is 1. The molecule has 1 aliphatic carbocycles. The average Bonchev–Trinajstić information content (AvgIpc) is 3.31. The van der Waals surface area contributed by atoms with Crippen LogP contribution in [0.25, 0.3) is 0 Å². The van der Waals surface area contributed by atoms with Gasteiger partial charge in [-0.25, -0.2) is 4.98 Å². The van der Waals surface area contributed by atoms with Crippen molar-refractivity contribution in [2.75, 3.05) is 0 Å². The van der Waals surface area contributed by atoms with Gasteiger partial charge in [0.2, 0.25) is 5.88 Å². The van der Waals surface area contributed by atoms with E-state index in [0.29, 0.717) is 11.9 Å². The number of ether oxygens (including phenoxy) is 1. The van der Waals surface area contributed by atoms with Crippen LogP contribution in [0.15, 0.2) is 36.7 Å². The molecule has 4 heteroatoms. The highest BCUT2D eigenvalue weighted by atomic mass is 16.5. The Morgan fingerprint density at radius 2 is 2.15 bits per heavy atom. The molecule has 0 radical (unpaired) electrons. The topological polar surface area (TPSA) is 47.0 Å². The number of hydrogen-bond acceptors (Lipinski definition) is 4. The maximum atomic E-state index is 5.72. The summed E-state index contributed by atoms with van der Waals surface area (Å²) >= 11 is 0. The fraction of sp³-hybridized carbons (Fsp3) is 0.375. The van der Waals surface area contributed by atoms with Crippen LogP contribution in [0.4, 0.5) is 0 Å². The molecule has 1 aliphatic rings. The third kappa shape index (κ3) is 3.54. The molecule has 3 rings (SSSR count). The number of rotatable bonds is 6. The van der Waals surface area contributed by atoms with Crippen LogP contribution in [0.2, 0.25) is 0 Å². The van der Waals surface area contributed by atoms with E-state index in [4.69, 9.17) is 4.74 Å². The highest BCUT2D eigenvalue weighted by molar-refractivity contribution is 5.31. The molecular formula is C16H19N3O. The number of benzene rings is 1. The minimum atomic E-state index is 0.536. The second-order valence-electron chi connectivity index (χ2n) is 5.10. The van der Waals surface area contributed by atoms with Crippen LogP contribution in [0, 0.1) is 0 Å².